The average molecular weight is 355 g/mol. The fraction of sp³-hybridized carbons (Fsp3) is 0.500. The van der Waals surface area contributed by atoms with E-state index in [0.29, 0.717) is 5.92 Å². The summed E-state index contributed by atoms with van der Waals surface area (Å²) in [4.78, 5) is 41.9. The average Bonchev–Trinajstić information content (AvgIpc) is 3.48. The first kappa shape index (κ1) is 16.7. The van der Waals surface area contributed by atoms with Gasteiger partial charge in [-0.05, 0) is 44.6 Å². The van der Waals surface area contributed by atoms with Gasteiger partial charge in [0.2, 0.25) is 0 Å². The number of aromatic nitrogens is 4. The van der Waals surface area contributed by atoms with Crippen LogP contribution in [0.3, 0.4) is 0 Å². The van der Waals surface area contributed by atoms with Crippen molar-refractivity contribution in [3.63, 3.8) is 0 Å². The molecular weight excluding hydrogens is 334 g/mol. The Labute approximate surface area is 149 Å². The second kappa shape index (κ2) is 6.86. The van der Waals surface area contributed by atoms with E-state index in [1.807, 2.05) is 6.07 Å². The smallest absolute Gasteiger partial charge is 0.270 e. The molecule has 136 valence electrons. The zero-order valence-electron chi connectivity index (χ0n) is 14.4. The highest BCUT2D eigenvalue weighted by Crippen LogP contribution is 2.38. The first-order valence-corrected chi connectivity index (χ1v) is 9.05. The second-order valence-electron chi connectivity index (χ2n) is 7.09. The molecular formula is C18H21N5O3. The Kier molecular flexibility index (Phi) is 4.40. The number of carbonyl (C=O) groups is 1. The molecule has 2 saturated carbocycles. The summed E-state index contributed by atoms with van der Waals surface area (Å²) in [5.41, 5.74) is 0.718. The molecule has 0 bridgehead atoms. The third-order valence-electron chi connectivity index (χ3n) is 5.13. The predicted molar refractivity (Wildman–Crippen MR) is 94.1 cm³/mol. The van der Waals surface area contributed by atoms with E-state index in [4.69, 9.17) is 0 Å². The molecule has 2 N–H and O–H groups in total. The van der Waals surface area contributed by atoms with Crippen LogP contribution in [-0.2, 0) is 0 Å². The van der Waals surface area contributed by atoms with Gasteiger partial charge >= 0.3 is 0 Å². The molecule has 0 radical (unpaired) electrons. The zero-order chi connectivity index (χ0) is 18.1. The summed E-state index contributed by atoms with van der Waals surface area (Å²) in [5.74, 6) is 0.171. The highest BCUT2D eigenvalue weighted by Gasteiger charge is 2.28. The maximum absolute atomic E-state index is 12.2. The molecule has 8 nitrogen and oxygen atoms in total. The molecule has 0 aromatic carbocycles. The normalized spacial score (nSPS) is 22.8. The molecule has 0 atom stereocenters. The largest absolute Gasteiger partial charge is 0.348 e. The lowest BCUT2D eigenvalue weighted by Crippen LogP contribution is -2.40. The van der Waals surface area contributed by atoms with E-state index in [9.17, 15) is 14.4 Å². The Morgan fingerprint density at radius 3 is 2.58 bits per heavy atom. The lowest BCUT2D eigenvalue weighted by atomic mass is 9.91. The fourth-order valence-corrected chi connectivity index (χ4v) is 3.52. The molecule has 26 heavy (non-hydrogen) atoms. The van der Waals surface area contributed by atoms with E-state index in [-0.39, 0.29) is 34.8 Å². The van der Waals surface area contributed by atoms with Crippen LogP contribution in [0, 0.1) is 0 Å². The number of nitrogens with one attached hydrogen (secondary N) is 2. The van der Waals surface area contributed by atoms with E-state index >= 15 is 0 Å². The second-order valence-corrected chi connectivity index (χ2v) is 7.09. The molecule has 2 heterocycles. The van der Waals surface area contributed by atoms with E-state index in [1.54, 1.807) is 10.7 Å². The lowest BCUT2D eigenvalue weighted by molar-refractivity contribution is 0.0916. The number of carbonyl (C=O) groups excluding carboxylic acids is 1. The van der Waals surface area contributed by atoms with Crippen molar-refractivity contribution in [1.29, 1.82) is 0 Å². The Morgan fingerprint density at radius 2 is 1.88 bits per heavy atom. The molecule has 8 heteroatoms. The first-order valence-electron chi connectivity index (χ1n) is 9.05. The molecule has 2 aliphatic carbocycles. The Bertz CT molecular complexity index is 923. The van der Waals surface area contributed by atoms with E-state index in [2.05, 4.69) is 20.4 Å². The Balaban J connectivity index is 1.38. The van der Waals surface area contributed by atoms with Crippen molar-refractivity contribution < 1.29 is 4.79 Å². The number of H-pyrrole nitrogens is 1. The molecule has 0 saturated heterocycles. The van der Waals surface area contributed by atoms with Crippen molar-refractivity contribution in [2.75, 3.05) is 0 Å². The molecule has 0 unspecified atom stereocenters. The van der Waals surface area contributed by atoms with E-state index in [1.165, 1.54) is 12.4 Å². The molecule has 2 fully saturated rings. The van der Waals surface area contributed by atoms with Crippen molar-refractivity contribution in [3.05, 3.63) is 56.6 Å². The Hall–Kier alpha value is -2.77. The molecule has 1 amide bonds. The number of hydrogen-bond acceptors (Lipinski definition) is 5. The summed E-state index contributed by atoms with van der Waals surface area (Å²) in [6.07, 6.45) is 6.63. The van der Waals surface area contributed by atoms with Crippen molar-refractivity contribution >= 4 is 5.91 Å². The summed E-state index contributed by atoms with van der Waals surface area (Å²) in [6.45, 7) is 0. The first-order chi connectivity index (χ1) is 12.6. The molecule has 2 aliphatic rings. The summed E-state index contributed by atoms with van der Waals surface area (Å²) >= 11 is 0. The number of rotatable bonds is 4. The van der Waals surface area contributed by atoms with Crippen LogP contribution >= 0.6 is 0 Å². The van der Waals surface area contributed by atoms with Gasteiger partial charge in [0.25, 0.3) is 17.0 Å². The topological polar surface area (TPSA) is 110 Å². The van der Waals surface area contributed by atoms with Gasteiger partial charge in [-0.15, -0.1) is 0 Å². The van der Waals surface area contributed by atoms with Gasteiger partial charge in [0.15, 0.2) is 0 Å². The van der Waals surface area contributed by atoms with Crippen LogP contribution in [-0.4, -0.2) is 31.7 Å². The fourth-order valence-electron chi connectivity index (χ4n) is 3.52. The number of nitrogens with zero attached hydrogens (tertiary/aromatic N) is 3. The van der Waals surface area contributed by atoms with Crippen molar-refractivity contribution in [1.82, 2.24) is 25.1 Å². The third kappa shape index (κ3) is 3.58. The third-order valence-corrected chi connectivity index (χ3v) is 5.13. The molecule has 0 spiro atoms. The highest BCUT2D eigenvalue weighted by molar-refractivity contribution is 5.92. The maximum atomic E-state index is 12.2. The van der Waals surface area contributed by atoms with E-state index in [0.717, 1.165) is 44.2 Å². The highest BCUT2D eigenvalue weighted by atomic mass is 16.2. The van der Waals surface area contributed by atoms with Gasteiger partial charge in [-0.2, -0.15) is 5.10 Å². The summed E-state index contributed by atoms with van der Waals surface area (Å²) < 4.78 is 1.63. The van der Waals surface area contributed by atoms with Gasteiger partial charge in [0.1, 0.15) is 5.69 Å². The van der Waals surface area contributed by atoms with Crippen molar-refractivity contribution in [2.45, 2.75) is 56.5 Å². The van der Waals surface area contributed by atoms with Gasteiger partial charge in [-0.1, -0.05) is 0 Å². The predicted octanol–water partition coefficient (Wildman–Crippen LogP) is 1.12. The van der Waals surface area contributed by atoms with Crippen LogP contribution in [0.25, 0.3) is 0 Å². The maximum Gasteiger partial charge on any atom is 0.270 e. The number of hydrogen-bond donors (Lipinski definition) is 2. The molecule has 2 aromatic heterocycles. The monoisotopic (exact) mass is 355 g/mol. The SMILES string of the molecule is O=C(NC1CCC(n2nc(C3CC3)ccc2=O)CC1)c1cc(=O)[nH]cn1. The molecule has 4 rings (SSSR count). The van der Waals surface area contributed by atoms with Gasteiger partial charge < -0.3 is 10.3 Å². The summed E-state index contributed by atoms with van der Waals surface area (Å²) in [7, 11) is 0. The number of amides is 1. The van der Waals surface area contributed by atoms with Gasteiger partial charge in [0, 0.05) is 24.1 Å². The minimum absolute atomic E-state index is 0.0159. The standard InChI is InChI=1S/C18H21N5O3/c24-16-9-15(19-10-20-16)18(26)21-12-3-5-13(6-4-12)23-17(25)8-7-14(22-23)11-1-2-11/h7-13H,1-6H2,(H,21,26)(H,19,20,24). The van der Waals surface area contributed by atoms with Crippen LogP contribution in [0.4, 0.5) is 0 Å². The van der Waals surface area contributed by atoms with Gasteiger partial charge in [0.05, 0.1) is 18.1 Å². The van der Waals surface area contributed by atoms with Crippen molar-refractivity contribution in [2.24, 2.45) is 0 Å². The quantitative estimate of drug-likeness (QED) is 0.854. The lowest BCUT2D eigenvalue weighted by Gasteiger charge is -2.29. The van der Waals surface area contributed by atoms with Crippen molar-refractivity contribution in [3.8, 4) is 0 Å². The minimum atomic E-state index is -0.352. The summed E-state index contributed by atoms with van der Waals surface area (Å²) in [6, 6.07) is 4.74. The Morgan fingerprint density at radius 1 is 1.12 bits per heavy atom. The van der Waals surface area contributed by atoms with Crippen LogP contribution in [0.2, 0.25) is 0 Å². The van der Waals surface area contributed by atoms with E-state index < -0.39 is 0 Å². The van der Waals surface area contributed by atoms with Crippen LogP contribution in [0.1, 0.15) is 66.7 Å². The van der Waals surface area contributed by atoms with Gasteiger partial charge in [-0.3, -0.25) is 14.4 Å². The molecule has 0 aliphatic heterocycles. The zero-order valence-corrected chi connectivity index (χ0v) is 14.4. The van der Waals surface area contributed by atoms with Crippen LogP contribution < -0.4 is 16.4 Å². The summed E-state index contributed by atoms with van der Waals surface area (Å²) in [5, 5.41) is 7.50. The van der Waals surface area contributed by atoms with Gasteiger partial charge in [-0.25, -0.2) is 9.67 Å². The number of aromatic amines is 1. The van der Waals surface area contributed by atoms with Crippen LogP contribution in [0.15, 0.2) is 34.1 Å². The van der Waals surface area contributed by atoms with Crippen LogP contribution in [0.5, 0.6) is 0 Å². The minimum Gasteiger partial charge on any atom is -0.348 e. The molecule has 2 aromatic rings.